The van der Waals surface area contributed by atoms with E-state index >= 15 is 0 Å². The molecule has 2 aliphatic carbocycles. The average Bonchev–Trinajstić information content (AvgIpc) is 3.21. The summed E-state index contributed by atoms with van der Waals surface area (Å²) in [5, 5.41) is 3.71. The highest BCUT2D eigenvalue weighted by molar-refractivity contribution is 5.84. The van der Waals surface area contributed by atoms with Crippen LogP contribution in [0.15, 0.2) is 30.3 Å². The first-order valence-corrected chi connectivity index (χ1v) is 7.14. The fourth-order valence-corrected chi connectivity index (χ4v) is 2.87. The van der Waals surface area contributed by atoms with Crippen molar-refractivity contribution in [2.75, 3.05) is 7.11 Å². The first-order valence-electron chi connectivity index (χ1n) is 7.14. The third-order valence-electron chi connectivity index (χ3n) is 4.18. The third-order valence-corrected chi connectivity index (χ3v) is 4.18. The molecule has 1 fully saturated rings. The quantitative estimate of drug-likeness (QED) is 0.871. The van der Waals surface area contributed by atoms with Crippen molar-refractivity contribution in [1.82, 2.24) is 5.32 Å². The van der Waals surface area contributed by atoms with Crippen LogP contribution in [0, 0.1) is 0 Å². The van der Waals surface area contributed by atoms with Crippen molar-refractivity contribution >= 4 is 5.57 Å². The summed E-state index contributed by atoms with van der Waals surface area (Å²) in [6, 6.07) is 9.82. The number of nitrogens with two attached hydrogens (primary N) is 1. The summed E-state index contributed by atoms with van der Waals surface area (Å²) in [5.41, 5.74) is 8.65. The van der Waals surface area contributed by atoms with Gasteiger partial charge in [-0.2, -0.15) is 0 Å². The van der Waals surface area contributed by atoms with Crippen LogP contribution < -0.4 is 15.8 Å². The van der Waals surface area contributed by atoms with Gasteiger partial charge in [0.1, 0.15) is 5.75 Å². The summed E-state index contributed by atoms with van der Waals surface area (Å²) in [4.78, 5) is 0. The minimum Gasteiger partial charge on any atom is -0.497 e. The van der Waals surface area contributed by atoms with E-state index < -0.39 is 0 Å². The van der Waals surface area contributed by atoms with Crippen LogP contribution in [-0.2, 0) is 0 Å². The molecule has 1 unspecified atom stereocenters. The molecule has 1 aromatic rings. The molecule has 0 spiro atoms. The highest BCUT2D eigenvalue weighted by Gasteiger charge is 2.29. The molecule has 1 saturated carbocycles. The van der Waals surface area contributed by atoms with E-state index in [1.165, 1.54) is 24.0 Å². The van der Waals surface area contributed by atoms with Gasteiger partial charge in [-0.05, 0) is 49.0 Å². The summed E-state index contributed by atoms with van der Waals surface area (Å²) in [5.74, 6) is 0.913. The Morgan fingerprint density at radius 3 is 2.42 bits per heavy atom. The lowest BCUT2D eigenvalue weighted by atomic mass is 9.91. The first kappa shape index (κ1) is 12.7. The molecule has 0 aromatic heterocycles. The van der Waals surface area contributed by atoms with E-state index in [1.54, 1.807) is 7.11 Å². The molecular formula is C16H22N2O. The summed E-state index contributed by atoms with van der Waals surface area (Å²) >= 11 is 0. The molecule has 0 aliphatic heterocycles. The van der Waals surface area contributed by atoms with E-state index in [4.69, 9.17) is 10.5 Å². The van der Waals surface area contributed by atoms with Crippen molar-refractivity contribution in [3.05, 3.63) is 35.9 Å². The molecule has 0 heterocycles. The molecule has 3 rings (SSSR count). The number of benzene rings is 1. The van der Waals surface area contributed by atoms with Crippen LogP contribution in [0.3, 0.4) is 0 Å². The zero-order valence-corrected chi connectivity index (χ0v) is 11.4. The fourth-order valence-electron chi connectivity index (χ4n) is 2.87. The second-order valence-electron chi connectivity index (χ2n) is 5.61. The molecule has 0 amide bonds. The van der Waals surface area contributed by atoms with E-state index in [-0.39, 0.29) is 0 Å². The Labute approximate surface area is 114 Å². The van der Waals surface area contributed by atoms with Crippen LogP contribution >= 0.6 is 0 Å². The van der Waals surface area contributed by atoms with Gasteiger partial charge in [-0.15, -0.1) is 0 Å². The highest BCUT2D eigenvalue weighted by Crippen LogP contribution is 2.34. The van der Waals surface area contributed by atoms with Crippen LogP contribution in [0.5, 0.6) is 5.75 Å². The van der Waals surface area contributed by atoms with E-state index in [9.17, 15) is 0 Å². The Morgan fingerprint density at radius 2 is 1.79 bits per heavy atom. The summed E-state index contributed by atoms with van der Waals surface area (Å²) < 4.78 is 5.18. The number of hydrogen-bond donors (Lipinski definition) is 2. The summed E-state index contributed by atoms with van der Waals surface area (Å²) in [7, 11) is 1.70. The summed E-state index contributed by atoms with van der Waals surface area (Å²) in [6.45, 7) is 0. The van der Waals surface area contributed by atoms with Crippen molar-refractivity contribution in [3.63, 3.8) is 0 Å². The molecule has 102 valence electrons. The van der Waals surface area contributed by atoms with Crippen molar-refractivity contribution < 1.29 is 4.74 Å². The number of hydrogen-bond acceptors (Lipinski definition) is 3. The van der Waals surface area contributed by atoms with E-state index in [2.05, 4.69) is 23.5 Å². The van der Waals surface area contributed by atoms with Crippen LogP contribution in [-0.4, -0.2) is 25.2 Å². The molecule has 3 N–H and O–H groups in total. The van der Waals surface area contributed by atoms with Gasteiger partial charge >= 0.3 is 0 Å². The second-order valence-corrected chi connectivity index (χ2v) is 5.61. The lowest BCUT2D eigenvalue weighted by Crippen LogP contribution is -2.39. The van der Waals surface area contributed by atoms with E-state index in [0.717, 1.165) is 18.6 Å². The molecule has 1 atom stereocenters. The van der Waals surface area contributed by atoms with Crippen molar-refractivity contribution in [2.24, 2.45) is 5.73 Å². The Balaban J connectivity index is 1.51. The normalized spacial score (nSPS) is 29.8. The molecule has 3 nitrogen and oxygen atoms in total. The third kappa shape index (κ3) is 2.99. The van der Waals surface area contributed by atoms with Crippen molar-refractivity contribution in [2.45, 2.75) is 43.8 Å². The first-order chi connectivity index (χ1) is 9.26. The molecule has 0 saturated heterocycles. The zero-order valence-electron chi connectivity index (χ0n) is 11.4. The molecule has 0 bridgehead atoms. The van der Waals surface area contributed by atoms with Gasteiger partial charge in [0.05, 0.1) is 13.2 Å². The molecule has 0 radical (unpaired) electrons. The van der Waals surface area contributed by atoms with Gasteiger partial charge in [0.25, 0.3) is 0 Å². The second kappa shape index (κ2) is 5.35. The van der Waals surface area contributed by atoms with Crippen LogP contribution in [0.1, 0.15) is 31.2 Å². The predicted molar refractivity (Wildman–Crippen MR) is 78.1 cm³/mol. The van der Waals surface area contributed by atoms with Crippen LogP contribution in [0.25, 0.3) is 5.57 Å². The average molecular weight is 258 g/mol. The maximum absolute atomic E-state index is 5.94. The SMILES string of the molecule is COc1ccc(C2=CC2NC2CCC(N)CC2)cc1. The minimum absolute atomic E-state index is 0.422. The summed E-state index contributed by atoms with van der Waals surface area (Å²) in [6.07, 6.45) is 7.03. The Hall–Kier alpha value is -1.32. The maximum Gasteiger partial charge on any atom is 0.118 e. The number of methoxy groups -OCH3 is 1. The predicted octanol–water partition coefficient (Wildman–Crippen LogP) is 2.32. The van der Waals surface area contributed by atoms with E-state index in [0.29, 0.717) is 18.1 Å². The van der Waals surface area contributed by atoms with Gasteiger partial charge in [-0.3, -0.25) is 0 Å². The van der Waals surface area contributed by atoms with Gasteiger partial charge in [0.2, 0.25) is 0 Å². The van der Waals surface area contributed by atoms with Crippen molar-refractivity contribution in [3.8, 4) is 5.75 Å². The van der Waals surface area contributed by atoms with Gasteiger partial charge in [0, 0.05) is 12.1 Å². The zero-order chi connectivity index (χ0) is 13.2. The Morgan fingerprint density at radius 1 is 1.11 bits per heavy atom. The van der Waals surface area contributed by atoms with Gasteiger partial charge in [-0.1, -0.05) is 18.2 Å². The topological polar surface area (TPSA) is 47.3 Å². The number of ether oxygens (including phenoxy) is 1. The molecule has 1 aromatic carbocycles. The van der Waals surface area contributed by atoms with Gasteiger partial charge in [-0.25, -0.2) is 0 Å². The lowest BCUT2D eigenvalue weighted by molar-refractivity contribution is 0.346. The number of nitrogens with one attached hydrogen (secondary N) is 1. The monoisotopic (exact) mass is 258 g/mol. The molecule has 3 heteroatoms. The van der Waals surface area contributed by atoms with Crippen LogP contribution in [0.4, 0.5) is 0 Å². The molecular weight excluding hydrogens is 236 g/mol. The van der Waals surface area contributed by atoms with Gasteiger partial charge in [0.15, 0.2) is 0 Å². The Bertz CT molecular complexity index is 458. The Kier molecular flexibility index (Phi) is 3.58. The standard InChI is InChI=1S/C16H22N2O/c1-19-14-8-2-11(3-9-14)15-10-16(15)18-13-6-4-12(17)5-7-13/h2-3,8-10,12-13,16,18H,4-7,17H2,1H3. The maximum atomic E-state index is 5.94. The minimum atomic E-state index is 0.422. The molecule has 19 heavy (non-hydrogen) atoms. The lowest BCUT2D eigenvalue weighted by Gasteiger charge is -2.27. The van der Waals surface area contributed by atoms with Crippen molar-refractivity contribution in [1.29, 1.82) is 0 Å². The van der Waals surface area contributed by atoms with Crippen LogP contribution in [0.2, 0.25) is 0 Å². The van der Waals surface area contributed by atoms with Gasteiger partial charge < -0.3 is 15.8 Å². The smallest absolute Gasteiger partial charge is 0.118 e. The fraction of sp³-hybridized carbons (Fsp3) is 0.500. The highest BCUT2D eigenvalue weighted by atomic mass is 16.5. The molecule has 2 aliphatic rings. The van der Waals surface area contributed by atoms with E-state index in [1.807, 2.05) is 12.1 Å². The number of rotatable bonds is 4. The largest absolute Gasteiger partial charge is 0.497 e.